The van der Waals surface area contributed by atoms with Crippen LogP contribution in [0.15, 0.2) is 24.3 Å². The maximum Gasteiger partial charge on any atom is 0.238 e. The van der Waals surface area contributed by atoms with Crippen molar-refractivity contribution in [3.63, 3.8) is 0 Å². The van der Waals surface area contributed by atoms with E-state index in [4.69, 9.17) is 4.74 Å². The van der Waals surface area contributed by atoms with Gasteiger partial charge in [0.2, 0.25) is 11.8 Å². The molecule has 1 aromatic carbocycles. The summed E-state index contributed by atoms with van der Waals surface area (Å²) in [5.74, 6) is 0.901. The van der Waals surface area contributed by atoms with Crippen LogP contribution in [-0.4, -0.2) is 73.0 Å². The van der Waals surface area contributed by atoms with E-state index < -0.39 is 0 Å². The fraction of sp³-hybridized carbons (Fsp3) is 0.600. The molecule has 0 radical (unpaired) electrons. The first kappa shape index (κ1) is 19.6. The summed E-state index contributed by atoms with van der Waals surface area (Å²) in [5.41, 5.74) is 0.771. The molecule has 7 nitrogen and oxygen atoms in total. The van der Waals surface area contributed by atoms with Gasteiger partial charge in [-0.05, 0) is 51.0 Å². The predicted molar refractivity (Wildman–Crippen MR) is 105 cm³/mol. The first-order chi connectivity index (χ1) is 13.0. The average Bonchev–Trinajstić information content (AvgIpc) is 3.47. The second-order valence-corrected chi connectivity index (χ2v) is 7.28. The fourth-order valence-corrected chi connectivity index (χ4v) is 3.23. The Bertz CT molecular complexity index is 637. The summed E-state index contributed by atoms with van der Waals surface area (Å²) in [6, 6.07) is 7.69. The molecule has 7 heteroatoms. The molecular weight excluding hydrogens is 344 g/mol. The van der Waals surface area contributed by atoms with Crippen LogP contribution in [0.4, 0.5) is 5.69 Å². The second-order valence-electron chi connectivity index (χ2n) is 7.28. The Hall–Kier alpha value is -2.12. The Kier molecular flexibility index (Phi) is 6.68. The predicted octanol–water partition coefficient (Wildman–Crippen LogP) is 1.31. The highest BCUT2D eigenvalue weighted by molar-refractivity contribution is 5.92. The number of hydrogen-bond acceptors (Lipinski definition) is 5. The molecule has 2 N–H and O–H groups in total. The molecule has 148 valence electrons. The lowest BCUT2D eigenvalue weighted by molar-refractivity contribution is -0.127. The molecule has 1 unspecified atom stereocenters. The fourth-order valence-electron chi connectivity index (χ4n) is 3.23. The number of amides is 2. The summed E-state index contributed by atoms with van der Waals surface area (Å²) in [5, 5.41) is 5.99. The maximum absolute atomic E-state index is 12.3. The molecule has 0 aromatic heterocycles. The van der Waals surface area contributed by atoms with Gasteiger partial charge in [0.1, 0.15) is 5.75 Å². The van der Waals surface area contributed by atoms with E-state index in [0.29, 0.717) is 19.2 Å². The number of piperazine rings is 1. The van der Waals surface area contributed by atoms with Crippen molar-refractivity contribution in [2.24, 2.45) is 0 Å². The van der Waals surface area contributed by atoms with E-state index in [-0.39, 0.29) is 17.9 Å². The monoisotopic (exact) mass is 374 g/mol. The van der Waals surface area contributed by atoms with E-state index in [1.165, 1.54) is 0 Å². The molecule has 2 fully saturated rings. The van der Waals surface area contributed by atoms with Gasteiger partial charge in [-0.25, -0.2) is 0 Å². The van der Waals surface area contributed by atoms with Gasteiger partial charge >= 0.3 is 0 Å². The van der Waals surface area contributed by atoms with Gasteiger partial charge in [0, 0.05) is 37.9 Å². The Morgan fingerprint density at radius 3 is 2.41 bits per heavy atom. The van der Waals surface area contributed by atoms with Crippen LogP contribution in [0.5, 0.6) is 5.75 Å². The van der Waals surface area contributed by atoms with Crippen LogP contribution in [0.3, 0.4) is 0 Å². The number of benzene rings is 1. The molecule has 2 aliphatic rings. The minimum Gasteiger partial charge on any atom is -0.494 e. The van der Waals surface area contributed by atoms with Crippen LogP contribution < -0.4 is 15.4 Å². The molecule has 1 aromatic rings. The minimum absolute atomic E-state index is 0.0212. The molecule has 3 rings (SSSR count). The molecule has 1 saturated carbocycles. The smallest absolute Gasteiger partial charge is 0.238 e. The second kappa shape index (κ2) is 9.19. The van der Waals surface area contributed by atoms with Crippen molar-refractivity contribution in [2.75, 3.05) is 44.6 Å². The molecule has 1 aliphatic heterocycles. The first-order valence-electron chi connectivity index (χ1n) is 9.84. The van der Waals surface area contributed by atoms with Crippen LogP contribution in [0.2, 0.25) is 0 Å². The van der Waals surface area contributed by atoms with Gasteiger partial charge in [-0.2, -0.15) is 0 Å². The summed E-state index contributed by atoms with van der Waals surface area (Å²) in [6.45, 7) is 8.07. The normalized spacial score (nSPS) is 19.3. The molecule has 2 amide bonds. The molecule has 1 heterocycles. The van der Waals surface area contributed by atoms with Gasteiger partial charge in [-0.1, -0.05) is 0 Å². The molecule has 1 atom stereocenters. The number of hydrogen-bond donors (Lipinski definition) is 2. The average molecular weight is 374 g/mol. The Morgan fingerprint density at radius 2 is 1.81 bits per heavy atom. The molecule has 27 heavy (non-hydrogen) atoms. The van der Waals surface area contributed by atoms with Crippen molar-refractivity contribution in [2.45, 2.75) is 38.8 Å². The third-order valence-electron chi connectivity index (χ3n) is 5.07. The van der Waals surface area contributed by atoms with Crippen LogP contribution in [0.1, 0.15) is 26.7 Å². The summed E-state index contributed by atoms with van der Waals surface area (Å²) >= 11 is 0. The summed E-state index contributed by atoms with van der Waals surface area (Å²) in [6.07, 6.45) is 2.21. The van der Waals surface area contributed by atoms with E-state index in [1.807, 2.05) is 38.1 Å². The SMILES string of the molecule is CCOc1ccc(NC(=O)CN2CCN(C(C)C(=O)NC3CC3)CC2)cc1. The van der Waals surface area contributed by atoms with E-state index in [2.05, 4.69) is 20.4 Å². The standard InChI is InChI=1S/C20H30N4O3/c1-3-27-18-8-6-16(7-9-18)21-19(25)14-23-10-12-24(13-11-23)15(2)20(26)22-17-4-5-17/h6-9,15,17H,3-5,10-14H2,1-2H3,(H,21,25)(H,22,26). The summed E-state index contributed by atoms with van der Waals surface area (Å²) in [4.78, 5) is 28.8. The zero-order valence-corrected chi connectivity index (χ0v) is 16.2. The number of nitrogens with zero attached hydrogens (tertiary/aromatic N) is 2. The maximum atomic E-state index is 12.3. The topological polar surface area (TPSA) is 73.9 Å². The van der Waals surface area contributed by atoms with Crippen molar-refractivity contribution in [3.05, 3.63) is 24.3 Å². The van der Waals surface area contributed by atoms with E-state index >= 15 is 0 Å². The molecule has 0 bridgehead atoms. The van der Waals surface area contributed by atoms with Crippen LogP contribution in [-0.2, 0) is 9.59 Å². The Morgan fingerprint density at radius 1 is 1.15 bits per heavy atom. The molecule has 0 spiro atoms. The lowest BCUT2D eigenvalue weighted by atomic mass is 10.2. The minimum atomic E-state index is -0.106. The van der Waals surface area contributed by atoms with Gasteiger partial charge in [0.05, 0.1) is 19.2 Å². The molecule has 1 saturated heterocycles. The van der Waals surface area contributed by atoms with E-state index in [1.54, 1.807) is 0 Å². The lowest BCUT2D eigenvalue weighted by Gasteiger charge is -2.37. The third-order valence-corrected chi connectivity index (χ3v) is 5.07. The number of nitrogens with one attached hydrogen (secondary N) is 2. The molecular formula is C20H30N4O3. The first-order valence-corrected chi connectivity index (χ1v) is 9.84. The number of carbonyl (C=O) groups excluding carboxylic acids is 2. The van der Waals surface area contributed by atoms with Crippen molar-refractivity contribution in [1.29, 1.82) is 0 Å². The highest BCUT2D eigenvalue weighted by Gasteiger charge is 2.30. The quantitative estimate of drug-likeness (QED) is 0.718. The third kappa shape index (κ3) is 5.94. The van der Waals surface area contributed by atoms with Gasteiger partial charge in [-0.15, -0.1) is 0 Å². The van der Waals surface area contributed by atoms with Gasteiger partial charge < -0.3 is 15.4 Å². The van der Waals surface area contributed by atoms with E-state index in [9.17, 15) is 9.59 Å². The highest BCUT2D eigenvalue weighted by Crippen LogP contribution is 2.19. The number of ether oxygens (including phenoxy) is 1. The van der Waals surface area contributed by atoms with Gasteiger partial charge in [0.25, 0.3) is 0 Å². The van der Waals surface area contributed by atoms with Crippen molar-refractivity contribution >= 4 is 17.5 Å². The van der Waals surface area contributed by atoms with Crippen LogP contribution >= 0.6 is 0 Å². The highest BCUT2D eigenvalue weighted by atomic mass is 16.5. The summed E-state index contributed by atoms with van der Waals surface area (Å²) in [7, 11) is 0. The zero-order valence-electron chi connectivity index (χ0n) is 16.2. The molecule has 1 aliphatic carbocycles. The number of carbonyl (C=O) groups is 2. The van der Waals surface area contributed by atoms with Crippen molar-refractivity contribution in [1.82, 2.24) is 15.1 Å². The van der Waals surface area contributed by atoms with E-state index in [0.717, 1.165) is 50.5 Å². The van der Waals surface area contributed by atoms with Crippen LogP contribution in [0, 0.1) is 0 Å². The number of anilines is 1. The Labute approximate surface area is 161 Å². The van der Waals surface area contributed by atoms with Crippen molar-refractivity contribution in [3.8, 4) is 5.75 Å². The lowest BCUT2D eigenvalue weighted by Crippen LogP contribution is -2.55. The van der Waals surface area contributed by atoms with Gasteiger partial charge in [0.15, 0.2) is 0 Å². The van der Waals surface area contributed by atoms with Crippen molar-refractivity contribution < 1.29 is 14.3 Å². The Balaban J connectivity index is 1.39. The zero-order chi connectivity index (χ0) is 19.2. The van der Waals surface area contributed by atoms with Crippen LogP contribution in [0.25, 0.3) is 0 Å². The largest absolute Gasteiger partial charge is 0.494 e. The number of rotatable bonds is 8. The summed E-state index contributed by atoms with van der Waals surface area (Å²) < 4.78 is 5.40. The van der Waals surface area contributed by atoms with Gasteiger partial charge in [-0.3, -0.25) is 19.4 Å².